The Balaban J connectivity index is 2.53. The maximum Gasteiger partial charge on any atom is 0.263 e. The summed E-state index contributed by atoms with van der Waals surface area (Å²) < 4.78 is 5.07. The molecule has 0 atom stereocenters. The van der Waals surface area contributed by atoms with Crippen molar-refractivity contribution in [3.8, 4) is 0 Å². The van der Waals surface area contributed by atoms with E-state index < -0.39 is 0 Å². The highest BCUT2D eigenvalue weighted by atomic mass is 16.5. The number of hydrogen-bond acceptors (Lipinski definition) is 6. The minimum Gasteiger partial charge on any atom is -0.395 e. The van der Waals surface area contributed by atoms with Crippen molar-refractivity contribution in [1.29, 1.82) is 0 Å². The number of aryl methyl sites for hydroxylation is 1. The molecule has 0 amide bonds. The standard InChI is InChI=1S/C10H14N4O2/c1-3-14(4-5-15)9-8-7(2)13-16-10(8)12-6-11-9/h6,15H,3-5H2,1-2H3. The lowest BCUT2D eigenvalue weighted by Crippen LogP contribution is -2.27. The molecule has 0 spiro atoms. The predicted octanol–water partition coefficient (Wildman–Crippen LogP) is 0.745. The first-order valence-electron chi connectivity index (χ1n) is 5.20. The molecule has 1 N–H and O–H groups in total. The summed E-state index contributed by atoms with van der Waals surface area (Å²) in [5.74, 6) is 0.764. The van der Waals surface area contributed by atoms with Gasteiger partial charge in [0.25, 0.3) is 5.71 Å². The van der Waals surface area contributed by atoms with Gasteiger partial charge >= 0.3 is 0 Å². The van der Waals surface area contributed by atoms with Crippen molar-refractivity contribution in [3.05, 3.63) is 12.0 Å². The lowest BCUT2D eigenvalue weighted by Gasteiger charge is -2.20. The topological polar surface area (TPSA) is 75.3 Å². The average Bonchev–Trinajstić information content (AvgIpc) is 2.68. The summed E-state index contributed by atoms with van der Waals surface area (Å²) in [6.45, 7) is 5.24. The normalized spacial score (nSPS) is 10.9. The zero-order valence-electron chi connectivity index (χ0n) is 9.34. The molecule has 2 rings (SSSR count). The first kappa shape index (κ1) is 10.8. The molecule has 0 bridgehead atoms. The van der Waals surface area contributed by atoms with Crippen LogP contribution in [0.2, 0.25) is 0 Å². The number of fused-ring (bicyclic) bond motifs is 1. The smallest absolute Gasteiger partial charge is 0.263 e. The van der Waals surface area contributed by atoms with Gasteiger partial charge in [-0.2, -0.15) is 4.98 Å². The lowest BCUT2D eigenvalue weighted by atomic mass is 10.3. The van der Waals surface area contributed by atoms with Crippen molar-refractivity contribution in [3.63, 3.8) is 0 Å². The molecule has 0 aliphatic carbocycles. The first-order chi connectivity index (χ1) is 7.77. The van der Waals surface area contributed by atoms with E-state index in [9.17, 15) is 0 Å². The number of rotatable bonds is 4. The maximum absolute atomic E-state index is 9.00. The van der Waals surface area contributed by atoms with Crippen LogP contribution in [0, 0.1) is 6.92 Å². The number of hydrogen-bond donors (Lipinski definition) is 1. The highest BCUT2D eigenvalue weighted by molar-refractivity contribution is 5.87. The molecule has 2 aromatic heterocycles. The molecule has 0 saturated heterocycles. The fourth-order valence-corrected chi connectivity index (χ4v) is 1.68. The highest BCUT2D eigenvalue weighted by Crippen LogP contribution is 2.25. The minimum atomic E-state index is 0.0870. The lowest BCUT2D eigenvalue weighted by molar-refractivity contribution is 0.302. The van der Waals surface area contributed by atoms with Crippen LogP contribution in [0.3, 0.4) is 0 Å². The molecule has 0 aliphatic rings. The van der Waals surface area contributed by atoms with Gasteiger partial charge in [-0.05, 0) is 13.8 Å². The van der Waals surface area contributed by atoms with Crippen molar-refractivity contribution in [2.45, 2.75) is 13.8 Å². The fourth-order valence-electron chi connectivity index (χ4n) is 1.68. The van der Waals surface area contributed by atoms with Crippen LogP contribution >= 0.6 is 0 Å². The molecular formula is C10H14N4O2. The maximum atomic E-state index is 9.00. The summed E-state index contributed by atoms with van der Waals surface area (Å²) in [6.07, 6.45) is 1.45. The molecule has 0 saturated carbocycles. The van der Waals surface area contributed by atoms with E-state index in [0.717, 1.165) is 23.4 Å². The second kappa shape index (κ2) is 4.44. The van der Waals surface area contributed by atoms with Gasteiger partial charge in [0.2, 0.25) is 0 Å². The average molecular weight is 222 g/mol. The molecule has 2 aromatic rings. The summed E-state index contributed by atoms with van der Waals surface area (Å²) in [6, 6.07) is 0. The Morgan fingerprint density at radius 1 is 1.44 bits per heavy atom. The molecule has 16 heavy (non-hydrogen) atoms. The number of anilines is 1. The summed E-state index contributed by atoms with van der Waals surface area (Å²) in [4.78, 5) is 10.2. The molecule has 0 aliphatic heterocycles. The van der Waals surface area contributed by atoms with Gasteiger partial charge in [0.05, 0.1) is 12.3 Å². The Morgan fingerprint density at radius 3 is 2.94 bits per heavy atom. The summed E-state index contributed by atoms with van der Waals surface area (Å²) in [7, 11) is 0. The van der Waals surface area contributed by atoms with E-state index in [1.165, 1.54) is 6.33 Å². The van der Waals surface area contributed by atoms with E-state index in [4.69, 9.17) is 9.63 Å². The second-order valence-electron chi connectivity index (χ2n) is 3.45. The molecule has 6 heteroatoms. The monoisotopic (exact) mass is 222 g/mol. The van der Waals surface area contributed by atoms with Crippen LogP contribution in [0.25, 0.3) is 11.1 Å². The van der Waals surface area contributed by atoms with Gasteiger partial charge in [-0.1, -0.05) is 5.16 Å². The summed E-state index contributed by atoms with van der Waals surface area (Å²) in [5, 5.41) is 13.7. The van der Waals surface area contributed by atoms with Crippen molar-refractivity contribution in [1.82, 2.24) is 15.1 Å². The summed E-state index contributed by atoms with van der Waals surface area (Å²) >= 11 is 0. The van der Waals surface area contributed by atoms with Crippen molar-refractivity contribution < 1.29 is 9.63 Å². The van der Waals surface area contributed by atoms with Crippen LogP contribution in [0.4, 0.5) is 5.82 Å². The fraction of sp³-hybridized carbons (Fsp3) is 0.500. The number of aliphatic hydroxyl groups excluding tert-OH is 1. The van der Waals surface area contributed by atoms with Gasteiger partial charge in [0.1, 0.15) is 17.5 Å². The van der Waals surface area contributed by atoms with E-state index in [1.807, 2.05) is 18.7 Å². The van der Waals surface area contributed by atoms with Gasteiger partial charge in [-0.25, -0.2) is 4.98 Å². The Hall–Kier alpha value is -1.69. The third kappa shape index (κ3) is 1.71. The van der Waals surface area contributed by atoms with Crippen molar-refractivity contribution in [2.24, 2.45) is 0 Å². The molecule has 0 radical (unpaired) electrons. The Morgan fingerprint density at radius 2 is 2.25 bits per heavy atom. The number of aliphatic hydroxyl groups is 1. The molecule has 0 fully saturated rings. The van der Waals surface area contributed by atoms with Gasteiger partial charge < -0.3 is 14.5 Å². The highest BCUT2D eigenvalue weighted by Gasteiger charge is 2.15. The Kier molecular flexibility index (Phi) is 3.00. The molecular weight excluding hydrogens is 208 g/mol. The second-order valence-corrected chi connectivity index (χ2v) is 3.45. The quantitative estimate of drug-likeness (QED) is 0.822. The van der Waals surface area contributed by atoms with Crippen LogP contribution in [-0.4, -0.2) is 39.9 Å². The van der Waals surface area contributed by atoms with Gasteiger partial charge in [0, 0.05) is 13.1 Å². The van der Waals surface area contributed by atoms with Crippen molar-refractivity contribution >= 4 is 16.9 Å². The van der Waals surface area contributed by atoms with Crippen LogP contribution in [0.15, 0.2) is 10.9 Å². The Labute approximate surface area is 92.9 Å². The van der Waals surface area contributed by atoms with Gasteiger partial charge in [-0.15, -0.1) is 0 Å². The predicted molar refractivity (Wildman–Crippen MR) is 59.3 cm³/mol. The molecule has 0 unspecified atom stereocenters. The molecule has 0 aromatic carbocycles. The van der Waals surface area contributed by atoms with Gasteiger partial charge in [-0.3, -0.25) is 0 Å². The van der Waals surface area contributed by atoms with Crippen LogP contribution in [-0.2, 0) is 0 Å². The molecule has 2 heterocycles. The van der Waals surface area contributed by atoms with E-state index in [-0.39, 0.29) is 6.61 Å². The molecule has 6 nitrogen and oxygen atoms in total. The number of likely N-dealkylation sites (N-methyl/N-ethyl adjacent to an activating group) is 1. The van der Waals surface area contributed by atoms with Crippen LogP contribution in [0.1, 0.15) is 12.6 Å². The van der Waals surface area contributed by atoms with Crippen LogP contribution in [0.5, 0.6) is 0 Å². The third-order valence-corrected chi connectivity index (χ3v) is 2.47. The third-order valence-electron chi connectivity index (χ3n) is 2.47. The first-order valence-corrected chi connectivity index (χ1v) is 5.20. The van der Waals surface area contributed by atoms with Crippen LogP contribution < -0.4 is 4.90 Å². The summed E-state index contributed by atoms with van der Waals surface area (Å²) in [5.41, 5.74) is 1.25. The van der Waals surface area contributed by atoms with E-state index in [2.05, 4.69) is 15.1 Å². The van der Waals surface area contributed by atoms with Gasteiger partial charge in [0.15, 0.2) is 0 Å². The number of aromatic nitrogens is 3. The minimum absolute atomic E-state index is 0.0870. The Bertz CT molecular complexity index is 483. The zero-order valence-corrected chi connectivity index (χ0v) is 9.34. The largest absolute Gasteiger partial charge is 0.395 e. The van der Waals surface area contributed by atoms with E-state index in [0.29, 0.717) is 12.3 Å². The van der Waals surface area contributed by atoms with Crippen molar-refractivity contribution in [2.75, 3.05) is 24.6 Å². The molecule has 86 valence electrons. The van der Waals surface area contributed by atoms with E-state index in [1.54, 1.807) is 0 Å². The van der Waals surface area contributed by atoms with E-state index >= 15 is 0 Å². The zero-order chi connectivity index (χ0) is 11.5. The SMILES string of the molecule is CCN(CCO)c1ncnc2onc(C)c12. The number of nitrogens with zero attached hydrogens (tertiary/aromatic N) is 4.